The van der Waals surface area contributed by atoms with E-state index in [1.165, 1.54) is 30.4 Å². The lowest BCUT2D eigenvalue weighted by Crippen LogP contribution is -2.15. The number of amidine groups is 1. The van der Waals surface area contributed by atoms with E-state index in [0.717, 1.165) is 0 Å². The molecule has 0 aliphatic heterocycles. The Labute approximate surface area is 94.4 Å². The Kier molecular flexibility index (Phi) is 3.01. The Bertz CT molecular complexity index is 482. The maximum atomic E-state index is 8.43. The molecule has 2 aromatic rings. The van der Waals surface area contributed by atoms with Crippen molar-refractivity contribution in [2.45, 2.75) is 10.2 Å². The average Bonchev–Trinajstić information content (AvgIpc) is 2.82. The number of rotatable bonds is 3. The van der Waals surface area contributed by atoms with Crippen LogP contribution in [0.4, 0.5) is 0 Å². The first-order chi connectivity index (χ1) is 7.79. The lowest BCUT2D eigenvalue weighted by molar-refractivity contribution is 0.318. The maximum Gasteiger partial charge on any atom is 0.262 e. The van der Waals surface area contributed by atoms with Crippen molar-refractivity contribution in [3.63, 3.8) is 0 Å². The number of nitrogens with two attached hydrogens (primary N) is 1. The summed E-state index contributed by atoms with van der Waals surface area (Å²) < 4.78 is 5.03. The monoisotopic (exact) mass is 237 g/mol. The molecule has 7 nitrogen and oxygen atoms in total. The fraction of sp³-hybridized carbons (Fsp3) is 0. The molecule has 2 aromatic heterocycles. The van der Waals surface area contributed by atoms with Crippen LogP contribution < -0.4 is 5.73 Å². The molecule has 2 heterocycles. The van der Waals surface area contributed by atoms with E-state index in [4.69, 9.17) is 15.4 Å². The lowest BCUT2D eigenvalue weighted by Gasteiger charge is -1.98. The highest BCUT2D eigenvalue weighted by Gasteiger charge is 2.05. The van der Waals surface area contributed by atoms with Crippen molar-refractivity contribution < 1.29 is 9.62 Å². The SMILES string of the molecule is N/C(=N/O)c1cnc(Sc2ncco2)cn1. The van der Waals surface area contributed by atoms with Gasteiger partial charge in [0.2, 0.25) is 0 Å². The van der Waals surface area contributed by atoms with Gasteiger partial charge in [0.1, 0.15) is 17.0 Å². The Hall–Kier alpha value is -2.09. The Morgan fingerprint density at radius 1 is 1.38 bits per heavy atom. The van der Waals surface area contributed by atoms with Crippen molar-refractivity contribution in [2.75, 3.05) is 0 Å². The van der Waals surface area contributed by atoms with Crippen LogP contribution in [-0.2, 0) is 0 Å². The first-order valence-corrected chi connectivity index (χ1v) is 4.98. The lowest BCUT2D eigenvalue weighted by atomic mass is 10.4. The maximum absolute atomic E-state index is 8.43. The molecule has 3 N–H and O–H groups in total. The molecule has 0 unspecified atom stereocenters. The van der Waals surface area contributed by atoms with Crippen molar-refractivity contribution in [1.82, 2.24) is 15.0 Å². The van der Waals surface area contributed by atoms with Crippen molar-refractivity contribution in [3.05, 3.63) is 30.5 Å². The van der Waals surface area contributed by atoms with Gasteiger partial charge in [0.25, 0.3) is 5.22 Å². The standard InChI is InChI=1S/C8H7N5O2S/c9-7(13-14)5-3-12-6(4-11-5)16-8-10-1-2-15-8/h1-4,14H,(H2,9,13). The molecule has 0 aliphatic rings. The van der Waals surface area contributed by atoms with Crippen LogP contribution >= 0.6 is 11.8 Å². The third-order valence-corrected chi connectivity index (χ3v) is 2.40. The normalized spacial score (nSPS) is 11.6. The minimum absolute atomic E-state index is 0.0832. The quantitative estimate of drug-likeness (QED) is 0.350. The highest BCUT2D eigenvalue weighted by molar-refractivity contribution is 7.99. The number of aromatic nitrogens is 3. The van der Waals surface area contributed by atoms with Crippen LogP contribution in [0.5, 0.6) is 0 Å². The van der Waals surface area contributed by atoms with Crippen LogP contribution in [0.3, 0.4) is 0 Å². The summed E-state index contributed by atoms with van der Waals surface area (Å²) in [5, 5.41) is 12.3. The first-order valence-electron chi connectivity index (χ1n) is 4.17. The second-order valence-corrected chi connectivity index (χ2v) is 3.60. The average molecular weight is 237 g/mol. The Balaban J connectivity index is 2.14. The van der Waals surface area contributed by atoms with E-state index >= 15 is 0 Å². The minimum Gasteiger partial charge on any atom is -0.440 e. The third-order valence-electron chi connectivity index (χ3n) is 1.60. The van der Waals surface area contributed by atoms with Gasteiger partial charge in [0.05, 0.1) is 18.6 Å². The number of oxime groups is 1. The van der Waals surface area contributed by atoms with E-state index < -0.39 is 0 Å². The molecule has 0 bridgehead atoms. The molecule has 0 fully saturated rings. The van der Waals surface area contributed by atoms with Crippen LogP contribution in [0, 0.1) is 0 Å². The smallest absolute Gasteiger partial charge is 0.262 e. The van der Waals surface area contributed by atoms with Gasteiger partial charge in [-0.2, -0.15) is 0 Å². The van der Waals surface area contributed by atoms with Gasteiger partial charge < -0.3 is 15.4 Å². The van der Waals surface area contributed by atoms with Gasteiger partial charge in [-0.1, -0.05) is 5.16 Å². The molecular formula is C8H7N5O2S. The highest BCUT2D eigenvalue weighted by Crippen LogP contribution is 2.22. The minimum atomic E-state index is -0.0832. The number of oxazole rings is 1. The molecule has 0 saturated carbocycles. The fourth-order valence-electron chi connectivity index (χ4n) is 0.903. The molecule has 0 amide bonds. The summed E-state index contributed by atoms with van der Waals surface area (Å²) in [6, 6.07) is 0. The van der Waals surface area contributed by atoms with E-state index in [1.54, 1.807) is 6.20 Å². The van der Waals surface area contributed by atoms with Gasteiger partial charge in [0, 0.05) is 0 Å². The highest BCUT2D eigenvalue weighted by atomic mass is 32.2. The largest absolute Gasteiger partial charge is 0.440 e. The van der Waals surface area contributed by atoms with Crippen LogP contribution in [0.1, 0.15) is 5.69 Å². The zero-order valence-electron chi connectivity index (χ0n) is 7.94. The molecule has 8 heteroatoms. The van der Waals surface area contributed by atoms with E-state index in [1.807, 2.05) is 0 Å². The zero-order valence-corrected chi connectivity index (χ0v) is 8.76. The fourth-order valence-corrected chi connectivity index (χ4v) is 1.51. The molecule has 2 rings (SSSR count). The topological polar surface area (TPSA) is 110 Å². The van der Waals surface area contributed by atoms with Crippen molar-refractivity contribution in [1.29, 1.82) is 0 Å². The van der Waals surface area contributed by atoms with Gasteiger partial charge in [-0.25, -0.2) is 15.0 Å². The van der Waals surface area contributed by atoms with Crippen molar-refractivity contribution in [3.8, 4) is 0 Å². The summed E-state index contributed by atoms with van der Waals surface area (Å²) in [6.07, 6.45) is 5.91. The molecule has 0 spiro atoms. The Morgan fingerprint density at radius 2 is 2.25 bits per heavy atom. The van der Waals surface area contributed by atoms with Gasteiger partial charge in [-0.3, -0.25) is 0 Å². The van der Waals surface area contributed by atoms with E-state index in [9.17, 15) is 0 Å². The number of hydrogen-bond acceptors (Lipinski definition) is 7. The summed E-state index contributed by atoms with van der Waals surface area (Å²) in [6.45, 7) is 0. The predicted octanol–water partition coefficient (Wildman–Crippen LogP) is 0.710. The van der Waals surface area contributed by atoms with Gasteiger partial charge in [-0.05, 0) is 11.8 Å². The second kappa shape index (κ2) is 4.62. The molecule has 0 atom stereocenters. The molecule has 16 heavy (non-hydrogen) atoms. The van der Waals surface area contributed by atoms with E-state index in [2.05, 4.69) is 20.1 Å². The van der Waals surface area contributed by atoms with Crippen molar-refractivity contribution >= 4 is 17.6 Å². The van der Waals surface area contributed by atoms with E-state index in [-0.39, 0.29) is 5.84 Å². The van der Waals surface area contributed by atoms with Gasteiger partial charge in [0.15, 0.2) is 5.84 Å². The number of nitrogens with zero attached hydrogens (tertiary/aromatic N) is 4. The predicted molar refractivity (Wildman–Crippen MR) is 55.2 cm³/mol. The second-order valence-electron chi connectivity index (χ2n) is 2.63. The van der Waals surface area contributed by atoms with Crippen LogP contribution in [-0.4, -0.2) is 26.0 Å². The molecule has 0 saturated heterocycles. The van der Waals surface area contributed by atoms with Gasteiger partial charge >= 0.3 is 0 Å². The van der Waals surface area contributed by atoms with Gasteiger partial charge in [-0.15, -0.1) is 0 Å². The summed E-state index contributed by atoms with van der Waals surface area (Å²) in [5.74, 6) is -0.0832. The zero-order chi connectivity index (χ0) is 11.4. The third kappa shape index (κ3) is 2.28. The summed E-state index contributed by atoms with van der Waals surface area (Å²) in [4.78, 5) is 11.9. The first kappa shape index (κ1) is 10.4. The molecular weight excluding hydrogens is 230 g/mol. The molecule has 0 radical (unpaired) electrons. The summed E-state index contributed by atoms with van der Waals surface area (Å²) in [7, 11) is 0. The summed E-state index contributed by atoms with van der Waals surface area (Å²) >= 11 is 1.23. The van der Waals surface area contributed by atoms with Crippen LogP contribution in [0.2, 0.25) is 0 Å². The number of hydrogen-bond donors (Lipinski definition) is 2. The summed E-state index contributed by atoms with van der Waals surface area (Å²) in [5.41, 5.74) is 5.65. The van der Waals surface area contributed by atoms with Crippen molar-refractivity contribution in [2.24, 2.45) is 10.9 Å². The van der Waals surface area contributed by atoms with E-state index in [0.29, 0.717) is 15.9 Å². The van der Waals surface area contributed by atoms with Crippen LogP contribution in [0.25, 0.3) is 0 Å². The Morgan fingerprint density at radius 3 is 2.81 bits per heavy atom. The van der Waals surface area contributed by atoms with Crippen LogP contribution in [0.15, 0.2) is 44.7 Å². The molecule has 0 aliphatic carbocycles. The molecule has 82 valence electrons. The molecule has 0 aromatic carbocycles.